The second kappa shape index (κ2) is 7.87. The highest BCUT2D eigenvalue weighted by atomic mass is 15.1. The average molecular weight is 251 g/mol. The molecule has 1 atom stereocenters. The molecule has 0 saturated heterocycles. The lowest BCUT2D eigenvalue weighted by Gasteiger charge is -2.12. The van der Waals surface area contributed by atoms with Gasteiger partial charge in [-0.1, -0.05) is 20.8 Å². The van der Waals surface area contributed by atoms with Crippen LogP contribution in [0.1, 0.15) is 27.2 Å². The number of nitrogens with one attached hydrogen (secondary N) is 2. The minimum atomic E-state index is 0.442. The smallest absolute Gasteiger partial charge is 0.131 e. The molecule has 0 aliphatic heterocycles. The lowest BCUT2D eigenvalue weighted by Crippen LogP contribution is -2.20. The highest BCUT2D eigenvalue weighted by Crippen LogP contribution is 2.10. The summed E-state index contributed by atoms with van der Waals surface area (Å²) in [6.07, 6.45) is 2.71. The van der Waals surface area contributed by atoms with E-state index in [1.54, 1.807) is 6.33 Å². The fourth-order valence-corrected chi connectivity index (χ4v) is 1.40. The van der Waals surface area contributed by atoms with Crippen LogP contribution in [0.25, 0.3) is 0 Å². The molecular weight excluding hydrogens is 226 g/mol. The Kier molecular flexibility index (Phi) is 6.43. The molecule has 0 fully saturated rings. The summed E-state index contributed by atoms with van der Waals surface area (Å²) in [6.45, 7) is 8.98. The summed E-state index contributed by atoms with van der Waals surface area (Å²) < 4.78 is 0. The van der Waals surface area contributed by atoms with Crippen LogP contribution >= 0.6 is 0 Å². The molecule has 0 aliphatic carbocycles. The van der Waals surface area contributed by atoms with Crippen LogP contribution in [0, 0.1) is 11.8 Å². The molecule has 0 spiro atoms. The van der Waals surface area contributed by atoms with Gasteiger partial charge in [-0.2, -0.15) is 0 Å². The van der Waals surface area contributed by atoms with Gasteiger partial charge in [0.2, 0.25) is 0 Å². The molecule has 0 bridgehead atoms. The molecule has 5 nitrogen and oxygen atoms in total. The molecule has 1 heterocycles. The zero-order chi connectivity index (χ0) is 13.4. The van der Waals surface area contributed by atoms with Crippen molar-refractivity contribution in [1.82, 2.24) is 9.97 Å². The van der Waals surface area contributed by atoms with E-state index in [2.05, 4.69) is 41.4 Å². The predicted octanol–water partition coefficient (Wildman–Crippen LogP) is 1.94. The molecule has 0 aromatic carbocycles. The fourth-order valence-electron chi connectivity index (χ4n) is 1.40. The van der Waals surface area contributed by atoms with Crippen LogP contribution in [0.5, 0.6) is 0 Å². The average Bonchev–Trinajstić information content (AvgIpc) is 2.36. The molecule has 1 aromatic heterocycles. The van der Waals surface area contributed by atoms with Crippen LogP contribution in [0.15, 0.2) is 12.4 Å². The van der Waals surface area contributed by atoms with Crippen LogP contribution in [-0.4, -0.2) is 29.6 Å². The lowest BCUT2D eigenvalue weighted by atomic mass is 10.1. The molecule has 4 N–H and O–H groups in total. The number of aromatic nitrogens is 2. The third kappa shape index (κ3) is 5.82. The minimum absolute atomic E-state index is 0.442. The van der Waals surface area contributed by atoms with E-state index < -0.39 is 0 Å². The van der Waals surface area contributed by atoms with E-state index in [-0.39, 0.29) is 0 Å². The molecule has 0 radical (unpaired) electrons. The monoisotopic (exact) mass is 251 g/mol. The van der Waals surface area contributed by atoms with E-state index in [0.717, 1.165) is 31.1 Å². The van der Waals surface area contributed by atoms with Crippen molar-refractivity contribution in [2.75, 3.05) is 30.3 Å². The second-order valence-electron chi connectivity index (χ2n) is 5.12. The van der Waals surface area contributed by atoms with E-state index in [0.29, 0.717) is 18.4 Å². The summed E-state index contributed by atoms with van der Waals surface area (Å²) in [5.41, 5.74) is 5.58. The summed E-state index contributed by atoms with van der Waals surface area (Å²) >= 11 is 0. The molecule has 1 unspecified atom stereocenters. The van der Waals surface area contributed by atoms with E-state index in [1.165, 1.54) is 0 Å². The Morgan fingerprint density at radius 2 is 1.83 bits per heavy atom. The molecule has 0 amide bonds. The van der Waals surface area contributed by atoms with Gasteiger partial charge in [-0.3, -0.25) is 0 Å². The first-order valence-electron chi connectivity index (χ1n) is 6.61. The Bertz CT molecular complexity index is 340. The second-order valence-corrected chi connectivity index (χ2v) is 5.12. The van der Waals surface area contributed by atoms with Gasteiger partial charge in [-0.15, -0.1) is 0 Å². The van der Waals surface area contributed by atoms with Gasteiger partial charge in [0.05, 0.1) is 0 Å². The van der Waals surface area contributed by atoms with E-state index >= 15 is 0 Å². The largest absolute Gasteiger partial charge is 0.370 e. The molecule has 102 valence electrons. The standard InChI is InChI=1S/C13H25N5/c1-10(2)4-5-15-12-6-13(18-9-17-12)16-8-11(3)7-14/h6,9-11H,4-5,7-8,14H2,1-3H3,(H2,15,16,17,18). The van der Waals surface area contributed by atoms with Crippen molar-refractivity contribution < 1.29 is 0 Å². The topological polar surface area (TPSA) is 75.9 Å². The zero-order valence-electron chi connectivity index (χ0n) is 11.6. The first-order chi connectivity index (χ1) is 8.61. The minimum Gasteiger partial charge on any atom is -0.370 e. The normalized spacial score (nSPS) is 12.5. The van der Waals surface area contributed by atoms with Gasteiger partial charge in [0, 0.05) is 19.2 Å². The predicted molar refractivity (Wildman–Crippen MR) is 76.7 cm³/mol. The van der Waals surface area contributed by atoms with Gasteiger partial charge < -0.3 is 16.4 Å². The highest BCUT2D eigenvalue weighted by Gasteiger charge is 2.02. The van der Waals surface area contributed by atoms with Crippen LogP contribution in [0.3, 0.4) is 0 Å². The van der Waals surface area contributed by atoms with E-state index in [4.69, 9.17) is 5.73 Å². The number of hydrogen-bond donors (Lipinski definition) is 3. The first-order valence-corrected chi connectivity index (χ1v) is 6.61. The van der Waals surface area contributed by atoms with Crippen molar-refractivity contribution in [3.05, 3.63) is 12.4 Å². The number of hydrogen-bond acceptors (Lipinski definition) is 5. The molecule has 0 saturated carbocycles. The summed E-state index contributed by atoms with van der Waals surface area (Å²) in [4.78, 5) is 8.38. The summed E-state index contributed by atoms with van der Waals surface area (Å²) in [7, 11) is 0. The van der Waals surface area contributed by atoms with Gasteiger partial charge in [0.25, 0.3) is 0 Å². The van der Waals surface area contributed by atoms with Crippen molar-refractivity contribution in [3.63, 3.8) is 0 Å². The molecule has 5 heteroatoms. The van der Waals surface area contributed by atoms with Gasteiger partial charge >= 0.3 is 0 Å². The van der Waals surface area contributed by atoms with Crippen LogP contribution in [0.4, 0.5) is 11.6 Å². The van der Waals surface area contributed by atoms with Crippen molar-refractivity contribution in [2.45, 2.75) is 27.2 Å². The molecule has 18 heavy (non-hydrogen) atoms. The van der Waals surface area contributed by atoms with Crippen LogP contribution in [-0.2, 0) is 0 Å². The number of nitrogens with zero attached hydrogens (tertiary/aromatic N) is 2. The third-order valence-electron chi connectivity index (χ3n) is 2.73. The van der Waals surface area contributed by atoms with Gasteiger partial charge in [0.15, 0.2) is 0 Å². The summed E-state index contributed by atoms with van der Waals surface area (Å²) in [5, 5.41) is 6.57. The fraction of sp³-hybridized carbons (Fsp3) is 0.692. The Morgan fingerprint density at radius 3 is 2.44 bits per heavy atom. The summed E-state index contributed by atoms with van der Waals surface area (Å²) in [6, 6.07) is 1.93. The van der Waals surface area contributed by atoms with Crippen molar-refractivity contribution >= 4 is 11.6 Å². The Hall–Kier alpha value is -1.36. The van der Waals surface area contributed by atoms with Gasteiger partial charge in [-0.05, 0) is 24.8 Å². The van der Waals surface area contributed by atoms with Crippen molar-refractivity contribution in [3.8, 4) is 0 Å². The maximum atomic E-state index is 5.58. The molecule has 1 rings (SSSR count). The lowest BCUT2D eigenvalue weighted by molar-refractivity contribution is 0.606. The molecule has 0 aliphatic rings. The Balaban J connectivity index is 2.41. The van der Waals surface area contributed by atoms with Crippen LogP contribution in [0.2, 0.25) is 0 Å². The Morgan fingerprint density at radius 1 is 1.17 bits per heavy atom. The van der Waals surface area contributed by atoms with E-state index in [1.807, 2.05) is 6.07 Å². The third-order valence-corrected chi connectivity index (χ3v) is 2.73. The van der Waals surface area contributed by atoms with Gasteiger partial charge in [0.1, 0.15) is 18.0 Å². The SMILES string of the molecule is CC(C)CCNc1cc(NCC(C)CN)ncn1. The number of rotatable bonds is 8. The van der Waals surface area contributed by atoms with Crippen molar-refractivity contribution in [1.29, 1.82) is 0 Å². The van der Waals surface area contributed by atoms with Gasteiger partial charge in [-0.25, -0.2) is 9.97 Å². The van der Waals surface area contributed by atoms with Crippen molar-refractivity contribution in [2.24, 2.45) is 17.6 Å². The number of anilines is 2. The highest BCUT2D eigenvalue weighted by molar-refractivity contribution is 5.46. The van der Waals surface area contributed by atoms with Crippen LogP contribution < -0.4 is 16.4 Å². The van der Waals surface area contributed by atoms with E-state index in [9.17, 15) is 0 Å². The number of nitrogens with two attached hydrogens (primary N) is 1. The molecule has 1 aromatic rings. The first kappa shape index (κ1) is 14.7. The summed E-state index contributed by atoms with van der Waals surface area (Å²) in [5.74, 6) is 2.85. The maximum Gasteiger partial charge on any atom is 0.131 e. The zero-order valence-corrected chi connectivity index (χ0v) is 11.6. The quantitative estimate of drug-likeness (QED) is 0.658. The Labute approximate surface area is 110 Å². The maximum absolute atomic E-state index is 5.58. The molecular formula is C13H25N5.